The fraction of sp³-hybridized carbons (Fsp3) is 0.600. The summed E-state index contributed by atoms with van der Waals surface area (Å²) >= 11 is 0. The molecule has 96 valence electrons. The van der Waals surface area contributed by atoms with E-state index >= 15 is 0 Å². The van der Waals surface area contributed by atoms with E-state index in [-0.39, 0.29) is 0 Å². The predicted molar refractivity (Wildman–Crippen MR) is 73.5 cm³/mol. The van der Waals surface area contributed by atoms with Crippen LogP contribution in [0.1, 0.15) is 25.0 Å². The van der Waals surface area contributed by atoms with Crippen molar-refractivity contribution < 1.29 is 4.74 Å². The zero-order valence-corrected chi connectivity index (χ0v) is 11.4. The quantitative estimate of drug-likeness (QED) is 0.642. The minimum Gasteiger partial charge on any atom is -0.380 e. The van der Waals surface area contributed by atoms with Gasteiger partial charge in [0.05, 0.1) is 13.2 Å². The van der Waals surface area contributed by atoms with E-state index in [0.717, 1.165) is 39.3 Å². The molecule has 0 aromatic heterocycles. The van der Waals surface area contributed by atoms with Gasteiger partial charge in [0.15, 0.2) is 0 Å². The number of likely N-dealkylation sites (N-methyl/N-ethyl adjacent to an activating group) is 1. The predicted octanol–water partition coefficient (Wildman–Crippen LogP) is 2.90. The Hall–Kier alpha value is -0.860. The fourth-order valence-electron chi connectivity index (χ4n) is 1.78. The summed E-state index contributed by atoms with van der Waals surface area (Å²) in [4.78, 5) is 2.38. The Labute approximate surface area is 106 Å². The lowest BCUT2D eigenvalue weighted by Crippen LogP contribution is -2.27. The highest BCUT2D eigenvalue weighted by atomic mass is 16.5. The summed E-state index contributed by atoms with van der Waals surface area (Å²) in [6, 6.07) is 8.68. The van der Waals surface area contributed by atoms with Gasteiger partial charge in [-0.05, 0) is 32.0 Å². The Bertz CT molecular complexity index is 290. The second kappa shape index (κ2) is 8.26. The molecule has 0 radical (unpaired) electrons. The fourth-order valence-corrected chi connectivity index (χ4v) is 1.78. The molecule has 2 heteroatoms. The van der Waals surface area contributed by atoms with E-state index in [4.69, 9.17) is 4.74 Å². The van der Waals surface area contributed by atoms with E-state index in [1.807, 2.05) is 0 Å². The van der Waals surface area contributed by atoms with E-state index in [1.165, 1.54) is 11.1 Å². The molecule has 17 heavy (non-hydrogen) atoms. The lowest BCUT2D eigenvalue weighted by Gasteiger charge is -2.17. The van der Waals surface area contributed by atoms with Crippen molar-refractivity contribution in [3.05, 3.63) is 35.4 Å². The molecule has 2 nitrogen and oxygen atoms in total. The number of nitrogens with zero attached hydrogens (tertiary/aromatic N) is 1. The van der Waals surface area contributed by atoms with Crippen LogP contribution >= 0.6 is 0 Å². The van der Waals surface area contributed by atoms with Gasteiger partial charge >= 0.3 is 0 Å². The molecule has 0 heterocycles. The van der Waals surface area contributed by atoms with Crippen molar-refractivity contribution in [1.29, 1.82) is 0 Å². The topological polar surface area (TPSA) is 12.5 Å². The van der Waals surface area contributed by atoms with Gasteiger partial charge in [0.25, 0.3) is 0 Å². The maximum Gasteiger partial charge on any atom is 0.0593 e. The van der Waals surface area contributed by atoms with Gasteiger partial charge in [-0.3, -0.25) is 0 Å². The largest absolute Gasteiger partial charge is 0.380 e. The van der Waals surface area contributed by atoms with Crippen LogP contribution in [0, 0.1) is 6.92 Å². The second-order valence-electron chi connectivity index (χ2n) is 4.37. The third-order valence-corrected chi connectivity index (χ3v) is 3.10. The molecular formula is C15H25NO. The van der Waals surface area contributed by atoms with Gasteiger partial charge in [-0.15, -0.1) is 0 Å². The van der Waals surface area contributed by atoms with Gasteiger partial charge in [-0.1, -0.05) is 43.7 Å². The maximum absolute atomic E-state index is 5.66. The van der Waals surface area contributed by atoms with Gasteiger partial charge in [-0.2, -0.15) is 0 Å². The van der Waals surface area contributed by atoms with Crippen LogP contribution in [0.2, 0.25) is 0 Å². The first-order valence-electron chi connectivity index (χ1n) is 6.62. The van der Waals surface area contributed by atoms with Crippen LogP contribution in [0.3, 0.4) is 0 Å². The Morgan fingerprint density at radius 3 is 2.24 bits per heavy atom. The third kappa shape index (κ3) is 5.85. The van der Waals surface area contributed by atoms with Crippen molar-refractivity contribution in [2.75, 3.05) is 32.8 Å². The van der Waals surface area contributed by atoms with E-state index < -0.39 is 0 Å². The molecule has 0 atom stereocenters. The molecule has 0 bridgehead atoms. The summed E-state index contributed by atoms with van der Waals surface area (Å²) in [7, 11) is 0. The first-order chi connectivity index (χ1) is 8.26. The molecule has 1 aromatic rings. The third-order valence-electron chi connectivity index (χ3n) is 3.10. The number of hydrogen-bond acceptors (Lipinski definition) is 2. The standard InChI is InChI=1S/C15H25NO/c1-4-16(5-2)11-13-17-12-10-15-8-6-14(3)7-9-15/h6-9H,4-5,10-13H2,1-3H3. The molecule has 0 spiro atoms. The summed E-state index contributed by atoms with van der Waals surface area (Å²) in [6.45, 7) is 11.4. The highest BCUT2D eigenvalue weighted by molar-refractivity contribution is 5.21. The van der Waals surface area contributed by atoms with Crippen LogP contribution < -0.4 is 0 Å². The van der Waals surface area contributed by atoms with Gasteiger partial charge in [0, 0.05) is 6.54 Å². The van der Waals surface area contributed by atoms with Crippen LogP contribution in [0.4, 0.5) is 0 Å². The van der Waals surface area contributed by atoms with Crippen LogP contribution in [0.25, 0.3) is 0 Å². The number of ether oxygens (including phenoxy) is 1. The van der Waals surface area contributed by atoms with Crippen LogP contribution in [0.5, 0.6) is 0 Å². The summed E-state index contributed by atoms with van der Waals surface area (Å²) in [5, 5.41) is 0. The van der Waals surface area contributed by atoms with Crippen LogP contribution in [-0.4, -0.2) is 37.7 Å². The lowest BCUT2D eigenvalue weighted by atomic mass is 10.1. The molecule has 0 unspecified atom stereocenters. The second-order valence-corrected chi connectivity index (χ2v) is 4.37. The Balaban J connectivity index is 2.10. The van der Waals surface area contributed by atoms with Crippen molar-refractivity contribution in [2.45, 2.75) is 27.2 Å². The number of aryl methyl sites for hydroxylation is 1. The average Bonchev–Trinajstić information content (AvgIpc) is 2.36. The molecule has 1 rings (SSSR count). The molecule has 0 amide bonds. The van der Waals surface area contributed by atoms with E-state index in [0.29, 0.717) is 0 Å². The minimum atomic E-state index is 0.824. The SMILES string of the molecule is CCN(CC)CCOCCc1ccc(C)cc1. The molecule has 0 saturated heterocycles. The van der Waals surface area contributed by atoms with Crippen molar-refractivity contribution in [1.82, 2.24) is 4.90 Å². The van der Waals surface area contributed by atoms with Crippen molar-refractivity contribution in [2.24, 2.45) is 0 Å². The van der Waals surface area contributed by atoms with Crippen LogP contribution in [0.15, 0.2) is 24.3 Å². The van der Waals surface area contributed by atoms with Gasteiger partial charge in [0.1, 0.15) is 0 Å². The van der Waals surface area contributed by atoms with Crippen LogP contribution in [-0.2, 0) is 11.2 Å². The van der Waals surface area contributed by atoms with Gasteiger partial charge < -0.3 is 9.64 Å². The minimum absolute atomic E-state index is 0.824. The first-order valence-corrected chi connectivity index (χ1v) is 6.62. The zero-order chi connectivity index (χ0) is 12.5. The van der Waals surface area contributed by atoms with E-state index in [1.54, 1.807) is 0 Å². The smallest absolute Gasteiger partial charge is 0.0593 e. The molecule has 0 aliphatic rings. The summed E-state index contributed by atoms with van der Waals surface area (Å²) in [5.74, 6) is 0. The van der Waals surface area contributed by atoms with Crippen molar-refractivity contribution >= 4 is 0 Å². The zero-order valence-electron chi connectivity index (χ0n) is 11.4. The van der Waals surface area contributed by atoms with Crippen molar-refractivity contribution in [3.63, 3.8) is 0 Å². The molecule has 0 aliphatic heterocycles. The normalized spacial score (nSPS) is 11.1. The number of rotatable bonds is 8. The lowest BCUT2D eigenvalue weighted by molar-refractivity contribution is 0.109. The van der Waals surface area contributed by atoms with Gasteiger partial charge in [0.2, 0.25) is 0 Å². The molecule has 0 fully saturated rings. The molecular weight excluding hydrogens is 210 g/mol. The Kier molecular flexibility index (Phi) is 6.90. The maximum atomic E-state index is 5.66. The molecule has 0 saturated carbocycles. The Morgan fingerprint density at radius 1 is 1.00 bits per heavy atom. The molecule has 0 N–H and O–H groups in total. The Morgan fingerprint density at radius 2 is 1.65 bits per heavy atom. The van der Waals surface area contributed by atoms with E-state index in [9.17, 15) is 0 Å². The molecule has 1 aromatic carbocycles. The van der Waals surface area contributed by atoms with Gasteiger partial charge in [-0.25, -0.2) is 0 Å². The highest BCUT2D eigenvalue weighted by Crippen LogP contribution is 2.03. The first kappa shape index (κ1) is 14.2. The monoisotopic (exact) mass is 235 g/mol. The highest BCUT2D eigenvalue weighted by Gasteiger charge is 1.98. The summed E-state index contributed by atoms with van der Waals surface area (Å²) < 4.78 is 5.66. The average molecular weight is 235 g/mol. The number of hydrogen-bond donors (Lipinski definition) is 0. The molecule has 0 aliphatic carbocycles. The number of benzene rings is 1. The summed E-state index contributed by atoms with van der Waals surface area (Å²) in [6.07, 6.45) is 1.01. The summed E-state index contributed by atoms with van der Waals surface area (Å²) in [5.41, 5.74) is 2.68. The van der Waals surface area contributed by atoms with Crippen molar-refractivity contribution in [3.8, 4) is 0 Å². The van der Waals surface area contributed by atoms with E-state index in [2.05, 4.69) is 49.9 Å².